The molecule has 0 aromatic rings. The fourth-order valence-corrected chi connectivity index (χ4v) is 3.65. The maximum atomic E-state index is 12.7. The molecule has 0 aromatic heterocycles. The van der Waals surface area contributed by atoms with Crippen LogP contribution >= 0.6 is 12.2 Å². The molecule has 2 N–H and O–H groups in total. The Bertz CT molecular complexity index is 402. The fourth-order valence-electron chi connectivity index (χ4n) is 3.46. The Labute approximate surface area is 119 Å². The molecule has 2 fully saturated rings. The van der Waals surface area contributed by atoms with Crippen molar-refractivity contribution in [1.82, 2.24) is 4.90 Å². The number of carbonyl (C=O) groups excluding carboxylic acids is 2. The Morgan fingerprint density at radius 2 is 2.00 bits per heavy atom. The summed E-state index contributed by atoms with van der Waals surface area (Å²) in [7, 11) is 0. The van der Waals surface area contributed by atoms with E-state index < -0.39 is 5.41 Å². The topological polar surface area (TPSA) is 63.4 Å². The van der Waals surface area contributed by atoms with Gasteiger partial charge in [0.15, 0.2) is 0 Å². The molecule has 1 saturated heterocycles. The van der Waals surface area contributed by atoms with Crippen LogP contribution in [0.25, 0.3) is 0 Å². The Balaban J connectivity index is 2.19. The Hall–Kier alpha value is -0.970. The lowest BCUT2D eigenvalue weighted by Crippen LogP contribution is -2.44. The van der Waals surface area contributed by atoms with Gasteiger partial charge in [-0.25, -0.2) is 0 Å². The number of nitrogens with zero attached hydrogens (tertiary/aromatic N) is 1. The fraction of sp³-hybridized carbons (Fsp3) is 0.786. The van der Waals surface area contributed by atoms with E-state index in [0.29, 0.717) is 24.3 Å². The van der Waals surface area contributed by atoms with Gasteiger partial charge >= 0.3 is 0 Å². The first-order chi connectivity index (χ1) is 9.00. The highest BCUT2D eigenvalue weighted by atomic mass is 32.1. The van der Waals surface area contributed by atoms with Crippen LogP contribution in [0.3, 0.4) is 0 Å². The molecule has 1 unspecified atom stereocenters. The molecule has 2 amide bonds. The van der Waals surface area contributed by atoms with Crippen LogP contribution in [-0.4, -0.2) is 27.7 Å². The van der Waals surface area contributed by atoms with Gasteiger partial charge in [-0.15, -0.1) is 0 Å². The summed E-state index contributed by atoms with van der Waals surface area (Å²) in [5.41, 5.74) is 5.18. The first-order valence-corrected chi connectivity index (χ1v) is 7.56. The molecule has 0 bridgehead atoms. The molecule has 2 rings (SSSR count). The minimum absolute atomic E-state index is 0.0281. The van der Waals surface area contributed by atoms with Crippen LogP contribution in [0.15, 0.2) is 0 Å². The highest BCUT2D eigenvalue weighted by molar-refractivity contribution is 7.80. The molecule has 1 saturated carbocycles. The molecular weight excluding hydrogens is 260 g/mol. The minimum atomic E-state index is -0.404. The number of amides is 2. The van der Waals surface area contributed by atoms with Gasteiger partial charge in [-0.3, -0.25) is 14.5 Å². The molecule has 19 heavy (non-hydrogen) atoms. The van der Waals surface area contributed by atoms with Crippen molar-refractivity contribution in [2.75, 3.05) is 0 Å². The number of thiocarbonyl (C=S) groups is 1. The van der Waals surface area contributed by atoms with Gasteiger partial charge in [0.2, 0.25) is 11.8 Å². The second kappa shape index (κ2) is 5.57. The number of imide groups is 1. The van der Waals surface area contributed by atoms with E-state index in [1.807, 2.05) is 6.92 Å². The summed E-state index contributed by atoms with van der Waals surface area (Å²) in [5.74, 6) is -0.00435. The van der Waals surface area contributed by atoms with E-state index in [4.69, 9.17) is 18.0 Å². The lowest BCUT2D eigenvalue weighted by molar-refractivity contribution is -0.144. The summed E-state index contributed by atoms with van der Waals surface area (Å²) >= 11 is 4.93. The third kappa shape index (κ3) is 2.66. The largest absolute Gasteiger partial charge is 0.393 e. The number of hydrogen-bond acceptors (Lipinski definition) is 3. The number of carbonyl (C=O) groups is 2. The van der Waals surface area contributed by atoms with Gasteiger partial charge in [-0.1, -0.05) is 38.4 Å². The zero-order valence-electron chi connectivity index (χ0n) is 11.5. The van der Waals surface area contributed by atoms with Gasteiger partial charge in [0.25, 0.3) is 0 Å². The first-order valence-electron chi connectivity index (χ1n) is 7.15. The van der Waals surface area contributed by atoms with Crippen LogP contribution < -0.4 is 5.73 Å². The van der Waals surface area contributed by atoms with E-state index in [9.17, 15) is 9.59 Å². The quantitative estimate of drug-likeness (QED) is 0.634. The highest BCUT2D eigenvalue weighted by Gasteiger charge is 2.52. The van der Waals surface area contributed by atoms with Crippen molar-refractivity contribution in [3.05, 3.63) is 0 Å². The Morgan fingerprint density at radius 3 is 2.53 bits per heavy atom. The van der Waals surface area contributed by atoms with E-state index in [0.717, 1.165) is 25.7 Å². The molecule has 1 aliphatic heterocycles. The molecule has 106 valence electrons. The average molecular weight is 282 g/mol. The van der Waals surface area contributed by atoms with Gasteiger partial charge in [0.1, 0.15) is 0 Å². The van der Waals surface area contributed by atoms with Crippen LogP contribution in [0.4, 0.5) is 0 Å². The number of rotatable bonds is 4. The summed E-state index contributed by atoms with van der Waals surface area (Å²) in [5, 5.41) is 0. The van der Waals surface area contributed by atoms with Crippen molar-refractivity contribution in [2.45, 2.75) is 64.3 Å². The molecule has 1 atom stereocenters. The number of likely N-dealkylation sites (tertiary alicyclic amines) is 1. The van der Waals surface area contributed by atoms with Crippen LogP contribution in [0.1, 0.15) is 58.3 Å². The van der Waals surface area contributed by atoms with Gasteiger partial charge in [-0.2, -0.15) is 0 Å². The Morgan fingerprint density at radius 1 is 1.37 bits per heavy atom. The molecule has 0 radical (unpaired) electrons. The number of nitrogens with two attached hydrogens (primary N) is 1. The molecule has 5 heteroatoms. The SMILES string of the molecule is CCC(CC(N)=S)N1C(=O)CC2(CCCCC2)C1=O. The van der Waals surface area contributed by atoms with Crippen LogP contribution in [0, 0.1) is 5.41 Å². The zero-order chi connectivity index (χ0) is 14.0. The monoisotopic (exact) mass is 282 g/mol. The smallest absolute Gasteiger partial charge is 0.236 e. The third-order valence-electron chi connectivity index (χ3n) is 4.51. The standard InChI is InChI=1S/C14H22N2O2S/c1-2-10(8-11(15)19)16-12(17)9-14(13(16)18)6-4-3-5-7-14/h10H,2-9H2,1H3,(H2,15,19). The summed E-state index contributed by atoms with van der Waals surface area (Å²) in [6.45, 7) is 1.97. The predicted octanol–water partition coefficient (Wildman–Crippen LogP) is 2.15. The molecule has 4 nitrogen and oxygen atoms in total. The van der Waals surface area contributed by atoms with Crippen molar-refractivity contribution >= 4 is 29.0 Å². The summed E-state index contributed by atoms with van der Waals surface area (Å²) in [4.78, 5) is 26.8. The van der Waals surface area contributed by atoms with Crippen molar-refractivity contribution in [3.63, 3.8) is 0 Å². The maximum Gasteiger partial charge on any atom is 0.236 e. The Kier molecular flexibility index (Phi) is 4.23. The van der Waals surface area contributed by atoms with Gasteiger partial charge in [-0.05, 0) is 19.3 Å². The lowest BCUT2D eigenvalue weighted by atomic mass is 9.73. The van der Waals surface area contributed by atoms with Crippen molar-refractivity contribution in [1.29, 1.82) is 0 Å². The normalized spacial score (nSPS) is 23.9. The van der Waals surface area contributed by atoms with Crippen molar-refractivity contribution in [2.24, 2.45) is 11.1 Å². The predicted molar refractivity (Wildman–Crippen MR) is 77.5 cm³/mol. The average Bonchev–Trinajstić information content (AvgIpc) is 2.59. The van der Waals surface area contributed by atoms with Gasteiger partial charge in [0.05, 0.1) is 10.4 Å². The van der Waals surface area contributed by atoms with E-state index >= 15 is 0 Å². The first kappa shape index (κ1) is 14.4. The minimum Gasteiger partial charge on any atom is -0.393 e. The summed E-state index contributed by atoms with van der Waals surface area (Å²) in [6.07, 6.45) is 6.55. The molecule has 1 aliphatic carbocycles. The molecule has 1 heterocycles. The lowest BCUT2D eigenvalue weighted by Gasteiger charge is -2.32. The summed E-state index contributed by atoms with van der Waals surface area (Å²) < 4.78 is 0. The van der Waals surface area contributed by atoms with E-state index in [1.54, 1.807) is 0 Å². The summed E-state index contributed by atoms with van der Waals surface area (Å²) in [6, 6.07) is -0.154. The number of hydrogen-bond donors (Lipinski definition) is 1. The van der Waals surface area contributed by atoms with Crippen molar-refractivity contribution in [3.8, 4) is 0 Å². The molecule has 1 spiro atoms. The van der Waals surface area contributed by atoms with Crippen LogP contribution in [0.5, 0.6) is 0 Å². The molecule has 0 aromatic carbocycles. The van der Waals surface area contributed by atoms with Crippen LogP contribution in [0.2, 0.25) is 0 Å². The van der Waals surface area contributed by atoms with Crippen LogP contribution in [-0.2, 0) is 9.59 Å². The maximum absolute atomic E-state index is 12.7. The second-order valence-corrected chi connectivity index (χ2v) is 6.34. The van der Waals surface area contributed by atoms with Gasteiger partial charge < -0.3 is 5.73 Å². The highest BCUT2D eigenvalue weighted by Crippen LogP contribution is 2.46. The van der Waals surface area contributed by atoms with E-state index in [1.165, 1.54) is 11.3 Å². The second-order valence-electron chi connectivity index (χ2n) is 5.82. The molecular formula is C14H22N2O2S. The third-order valence-corrected chi connectivity index (χ3v) is 4.68. The van der Waals surface area contributed by atoms with Gasteiger partial charge in [0, 0.05) is 18.9 Å². The van der Waals surface area contributed by atoms with E-state index in [2.05, 4.69) is 0 Å². The van der Waals surface area contributed by atoms with E-state index in [-0.39, 0.29) is 17.9 Å². The zero-order valence-corrected chi connectivity index (χ0v) is 12.3. The van der Waals surface area contributed by atoms with Crippen molar-refractivity contribution < 1.29 is 9.59 Å². The molecule has 2 aliphatic rings.